The van der Waals surface area contributed by atoms with Crippen molar-refractivity contribution in [1.29, 1.82) is 0 Å². The fourth-order valence-corrected chi connectivity index (χ4v) is 1.29. The second-order valence-electron chi connectivity index (χ2n) is 2.70. The largest absolute Gasteiger partial charge is 0.480 e. The Bertz CT molecular complexity index is 284. The van der Waals surface area contributed by atoms with Crippen LogP contribution < -0.4 is 0 Å². The summed E-state index contributed by atoms with van der Waals surface area (Å²) in [6.07, 6.45) is 1.24. The van der Waals surface area contributed by atoms with Crippen molar-refractivity contribution in [2.75, 3.05) is 0 Å². The number of carboxylic acid groups (broad SMARTS) is 1. The molecule has 0 spiro atoms. The van der Waals surface area contributed by atoms with Crippen LogP contribution in [0.1, 0.15) is 12.8 Å². The van der Waals surface area contributed by atoms with Gasteiger partial charge in [0.05, 0.1) is 0 Å². The number of likely N-dealkylation sites (tertiary alicyclic amines) is 1. The molecule has 1 rings (SSSR count). The number of hydrogen-bond acceptors (Lipinski definition) is 3. The monoisotopic (exact) mass is 183 g/mol. The quantitative estimate of drug-likeness (QED) is 0.600. The first-order valence-electron chi connectivity index (χ1n) is 3.79. The van der Waals surface area contributed by atoms with Crippen LogP contribution in [0.5, 0.6) is 0 Å². The molecule has 1 fully saturated rings. The van der Waals surface area contributed by atoms with Gasteiger partial charge in [-0.05, 0) is 12.5 Å². The highest BCUT2D eigenvalue weighted by Gasteiger charge is 2.38. The summed E-state index contributed by atoms with van der Waals surface area (Å²) in [4.78, 5) is 33.5. The van der Waals surface area contributed by atoms with Crippen LogP contribution in [0, 0.1) is 0 Å². The fourth-order valence-electron chi connectivity index (χ4n) is 1.29. The lowest BCUT2D eigenvalue weighted by Crippen LogP contribution is -2.41. The number of carbonyl (C=O) groups excluding carboxylic acids is 2. The maximum Gasteiger partial charge on any atom is 0.326 e. The van der Waals surface area contributed by atoms with E-state index in [-0.39, 0.29) is 12.8 Å². The van der Waals surface area contributed by atoms with E-state index in [1.165, 1.54) is 0 Å². The van der Waals surface area contributed by atoms with E-state index in [0.717, 1.165) is 11.0 Å². The number of carbonyl (C=O) groups is 3. The molecule has 0 aromatic rings. The van der Waals surface area contributed by atoms with Gasteiger partial charge < -0.3 is 5.11 Å². The zero-order valence-corrected chi connectivity index (χ0v) is 6.90. The van der Waals surface area contributed by atoms with Gasteiger partial charge in [-0.2, -0.15) is 0 Å². The molecule has 1 heterocycles. The Morgan fingerprint density at radius 1 is 1.62 bits per heavy atom. The first-order chi connectivity index (χ1) is 6.07. The maximum absolute atomic E-state index is 11.1. The van der Waals surface area contributed by atoms with E-state index < -0.39 is 23.8 Å². The van der Waals surface area contributed by atoms with E-state index >= 15 is 0 Å². The molecule has 1 saturated heterocycles. The van der Waals surface area contributed by atoms with Crippen LogP contribution in [0.4, 0.5) is 0 Å². The van der Waals surface area contributed by atoms with E-state index in [1.807, 2.05) is 0 Å². The smallest absolute Gasteiger partial charge is 0.326 e. The van der Waals surface area contributed by atoms with Gasteiger partial charge in [-0.1, -0.05) is 6.58 Å². The van der Waals surface area contributed by atoms with Gasteiger partial charge in [-0.3, -0.25) is 14.5 Å². The number of hydrogen-bond donors (Lipinski definition) is 1. The summed E-state index contributed by atoms with van der Waals surface area (Å²) >= 11 is 0. The lowest BCUT2D eigenvalue weighted by atomic mass is 10.2. The Labute approximate surface area is 74.6 Å². The van der Waals surface area contributed by atoms with Gasteiger partial charge in [0, 0.05) is 6.42 Å². The highest BCUT2D eigenvalue weighted by molar-refractivity contribution is 6.05. The van der Waals surface area contributed by atoms with Crippen molar-refractivity contribution in [2.24, 2.45) is 0 Å². The van der Waals surface area contributed by atoms with E-state index in [2.05, 4.69) is 6.58 Å². The normalized spacial score (nSPS) is 21.7. The summed E-state index contributed by atoms with van der Waals surface area (Å²) < 4.78 is 0. The van der Waals surface area contributed by atoms with Crippen molar-refractivity contribution < 1.29 is 19.5 Å². The van der Waals surface area contributed by atoms with Crippen molar-refractivity contribution in [1.82, 2.24) is 4.90 Å². The third kappa shape index (κ3) is 1.58. The lowest BCUT2D eigenvalue weighted by molar-refractivity contribution is -0.152. The first-order valence-corrected chi connectivity index (χ1v) is 3.79. The van der Waals surface area contributed by atoms with Crippen LogP contribution >= 0.6 is 0 Å². The summed E-state index contributed by atoms with van der Waals surface area (Å²) in [5.41, 5.74) is 0. The molecule has 5 heteroatoms. The predicted molar refractivity (Wildman–Crippen MR) is 42.7 cm³/mol. The lowest BCUT2D eigenvalue weighted by Gasteiger charge is -2.17. The van der Waals surface area contributed by atoms with Crippen LogP contribution in [0.2, 0.25) is 0 Å². The summed E-state index contributed by atoms with van der Waals surface area (Å²) in [7, 11) is 0. The van der Waals surface area contributed by atoms with Gasteiger partial charge >= 0.3 is 5.97 Å². The van der Waals surface area contributed by atoms with Crippen molar-refractivity contribution >= 4 is 17.8 Å². The molecule has 0 saturated carbocycles. The molecule has 2 amide bonds. The molecule has 1 atom stereocenters. The number of carboxylic acids is 1. The molecule has 70 valence electrons. The van der Waals surface area contributed by atoms with E-state index in [1.54, 1.807) is 0 Å². The number of amides is 2. The van der Waals surface area contributed by atoms with Gasteiger partial charge in [0.1, 0.15) is 6.04 Å². The molecule has 1 N–H and O–H groups in total. The molecule has 0 aliphatic carbocycles. The molecule has 1 aliphatic rings. The van der Waals surface area contributed by atoms with Crippen LogP contribution in [-0.4, -0.2) is 33.8 Å². The zero-order chi connectivity index (χ0) is 10.0. The maximum atomic E-state index is 11.1. The minimum atomic E-state index is -1.15. The van der Waals surface area contributed by atoms with Gasteiger partial charge in [0.25, 0.3) is 5.91 Å². The van der Waals surface area contributed by atoms with Crippen LogP contribution in [0.3, 0.4) is 0 Å². The Morgan fingerprint density at radius 2 is 2.23 bits per heavy atom. The van der Waals surface area contributed by atoms with Crippen LogP contribution in [-0.2, 0) is 14.4 Å². The van der Waals surface area contributed by atoms with Gasteiger partial charge in [-0.15, -0.1) is 0 Å². The third-order valence-electron chi connectivity index (χ3n) is 1.91. The van der Waals surface area contributed by atoms with Crippen molar-refractivity contribution in [3.05, 3.63) is 12.7 Å². The highest BCUT2D eigenvalue weighted by atomic mass is 16.4. The molecule has 0 aromatic heterocycles. The predicted octanol–water partition coefficient (Wildman–Crippen LogP) is -0.225. The minimum absolute atomic E-state index is 0.108. The van der Waals surface area contributed by atoms with Crippen molar-refractivity contribution in [3.8, 4) is 0 Å². The SMILES string of the molecule is C=CC(=O)N1C(=O)CC[C@H]1C(=O)O. The number of rotatable bonds is 2. The van der Waals surface area contributed by atoms with Crippen molar-refractivity contribution in [3.63, 3.8) is 0 Å². The molecule has 5 nitrogen and oxygen atoms in total. The molecule has 0 unspecified atom stereocenters. The fraction of sp³-hybridized carbons (Fsp3) is 0.375. The Balaban J connectivity index is 2.89. The Kier molecular flexibility index (Phi) is 2.46. The summed E-state index contributed by atoms with van der Waals surface area (Å²) in [6, 6.07) is -1.02. The van der Waals surface area contributed by atoms with Crippen LogP contribution in [0.25, 0.3) is 0 Å². The van der Waals surface area contributed by atoms with Gasteiger partial charge in [0.2, 0.25) is 5.91 Å². The van der Waals surface area contributed by atoms with Gasteiger partial charge in [-0.25, -0.2) is 4.79 Å². The molecule has 0 radical (unpaired) electrons. The summed E-state index contributed by atoms with van der Waals surface area (Å²) in [5.74, 6) is -2.24. The second-order valence-corrected chi connectivity index (χ2v) is 2.70. The molecular weight excluding hydrogens is 174 g/mol. The standard InChI is InChI=1S/C8H9NO4/c1-2-6(10)9-5(8(12)13)3-4-7(9)11/h2,5H,1,3-4H2,(H,12,13)/t5-/m0/s1. The average Bonchev–Trinajstić information content (AvgIpc) is 2.46. The second kappa shape index (κ2) is 3.38. The number of imide groups is 1. The van der Waals surface area contributed by atoms with E-state index in [4.69, 9.17) is 5.11 Å². The average molecular weight is 183 g/mol. The minimum Gasteiger partial charge on any atom is -0.480 e. The van der Waals surface area contributed by atoms with Crippen LogP contribution in [0.15, 0.2) is 12.7 Å². The number of aliphatic carboxylic acids is 1. The Morgan fingerprint density at radius 3 is 2.69 bits per heavy atom. The topological polar surface area (TPSA) is 74.7 Å². The highest BCUT2D eigenvalue weighted by Crippen LogP contribution is 2.19. The molecule has 0 aromatic carbocycles. The molecule has 13 heavy (non-hydrogen) atoms. The third-order valence-corrected chi connectivity index (χ3v) is 1.91. The summed E-state index contributed by atoms with van der Waals surface area (Å²) in [6.45, 7) is 3.20. The molecule has 0 bridgehead atoms. The molecule has 1 aliphatic heterocycles. The zero-order valence-electron chi connectivity index (χ0n) is 6.90. The first kappa shape index (κ1) is 9.44. The van der Waals surface area contributed by atoms with Crippen molar-refractivity contribution in [2.45, 2.75) is 18.9 Å². The van der Waals surface area contributed by atoms with E-state index in [0.29, 0.717) is 0 Å². The Hall–Kier alpha value is -1.65. The molecular formula is C8H9NO4. The van der Waals surface area contributed by atoms with Gasteiger partial charge in [0.15, 0.2) is 0 Å². The summed E-state index contributed by atoms with van der Waals surface area (Å²) in [5, 5.41) is 8.67. The number of nitrogens with zero attached hydrogens (tertiary/aromatic N) is 1. The van der Waals surface area contributed by atoms with E-state index in [9.17, 15) is 14.4 Å².